The summed E-state index contributed by atoms with van der Waals surface area (Å²) in [5.74, 6) is -7.03. The van der Waals surface area contributed by atoms with E-state index in [1.54, 1.807) is 25.1 Å². The smallest absolute Gasteiger partial charge is 0.276 e. The van der Waals surface area contributed by atoms with Crippen LogP contribution in [0.4, 0.5) is 17.6 Å². The van der Waals surface area contributed by atoms with Gasteiger partial charge in [-0.3, -0.25) is 28.5 Å². The second kappa shape index (κ2) is 15.6. The first-order chi connectivity index (χ1) is 28.7. The van der Waals surface area contributed by atoms with Crippen LogP contribution in [0.15, 0.2) is 113 Å². The molecule has 6 aromatic rings. The molecule has 2 amide bonds. The summed E-state index contributed by atoms with van der Waals surface area (Å²) in [4.78, 5) is 55.3. The molecule has 4 unspecified atom stereocenters. The summed E-state index contributed by atoms with van der Waals surface area (Å²) >= 11 is 0. The largest absolute Gasteiger partial charge is 0.502 e. The molecule has 4 heterocycles. The molecule has 12 nitrogen and oxygen atoms in total. The Balaban J connectivity index is 1.21. The number of benzene rings is 4. The number of aromatic nitrogens is 4. The predicted octanol–water partition coefficient (Wildman–Crippen LogP) is 5.69. The van der Waals surface area contributed by atoms with Crippen molar-refractivity contribution in [2.75, 3.05) is 20.1 Å². The van der Waals surface area contributed by atoms with Crippen LogP contribution in [0.3, 0.4) is 0 Å². The number of aromatic hydroxyl groups is 2. The highest BCUT2D eigenvalue weighted by Crippen LogP contribution is 2.42. The summed E-state index contributed by atoms with van der Waals surface area (Å²) in [6.07, 6.45) is 1.63. The predicted molar refractivity (Wildman–Crippen MR) is 209 cm³/mol. The molecule has 2 aliphatic rings. The molecule has 0 bridgehead atoms. The van der Waals surface area contributed by atoms with Crippen molar-refractivity contribution in [1.29, 1.82) is 0 Å². The van der Waals surface area contributed by atoms with E-state index in [2.05, 4.69) is 10.2 Å². The third-order valence-corrected chi connectivity index (χ3v) is 11.3. The average Bonchev–Trinajstić information content (AvgIpc) is 3.22. The normalized spacial score (nSPS) is 17.4. The molecule has 2 N–H and O–H groups in total. The maximum atomic E-state index is 16.0. The number of halogens is 4. The molecule has 0 saturated carbocycles. The maximum absolute atomic E-state index is 16.0. The van der Waals surface area contributed by atoms with Crippen molar-refractivity contribution >= 4 is 11.8 Å². The third-order valence-electron chi connectivity index (χ3n) is 11.3. The van der Waals surface area contributed by atoms with E-state index in [1.807, 2.05) is 0 Å². The molecule has 0 saturated heterocycles. The van der Waals surface area contributed by atoms with Gasteiger partial charge in [0.1, 0.15) is 23.3 Å². The zero-order valence-electron chi connectivity index (χ0n) is 32.0. The molecule has 0 fully saturated rings. The van der Waals surface area contributed by atoms with Gasteiger partial charge in [-0.1, -0.05) is 48.5 Å². The Morgan fingerprint density at radius 1 is 0.633 bits per heavy atom. The minimum Gasteiger partial charge on any atom is -0.502 e. The molecule has 2 aliphatic heterocycles. The zero-order valence-corrected chi connectivity index (χ0v) is 32.0. The summed E-state index contributed by atoms with van der Waals surface area (Å²) in [5.41, 5.74) is -0.608. The molecule has 8 rings (SSSR count). The molecule has 0 radical (unpaired) electrons. The number of amides is 2. The number of carbonyl (C=O) groups is 2. The van der Waals surface area contributed by atoms with Crippen molar-refractivity contribution in [3.8, 4) is 11.5 Å². The van der Waals surface area contributed by atoms with Crippen LogP contribution in [-0.4, -0.2) is 77.6 Å². The van der Waals surface area contributed by atoms with Gasteiger partial charge >= 0.3 is 0 Å². The molecule has 2 aromatic heterocycles. The molecule has 306 valence electrons. The third kappa shape index (κ3) is 7.07. The van der Waals surface area contributed by atoms with Gasteiger partial charge in [0.05, 0.1) is 24.5 Å². The van der Waals surface area contributed by atoms with Crippen molar-refractivity contribution in [1.82, 2.24) is 29.4 Å². The van der Waals surface area contributed by atoms with Gasteiger partial charge in [0.2, 0.25) is 10.9 Å². The van der Waals surface area contributed by atoms with Crippen LogP contribution in [0.5, 0.6) is 11.5 Å². The highest BCUT2D eigenvalue weighted by Gasteiger charge is 2.42. The quantitative estimate of drug-likeness (QED) is 0.177. The number of nitrogens with zero attached hydrogens (tertiary/aromatic N) is 6. The van der Waals surface area contributed by atoms with Gasteiger partial charge in [-0.05, 0) is 83.6 Å². The van der Waals surface area contributed by atoms with Crippen molar-refractivity contribution in [3.63, 3.8) is 0 Å². The molecule has 4 atom stereocenters. The van der Waals surface area contributed by atoms with Crippen LogP contribution in [0.25, 0.3) is 0 Å². The Labute approximate surface area is 339 Å². The lowest BCUT2D eigenvalue weighted by atomic mass is 9.82. The molecule has 0 aliphatic carbocycles. The fourth-order valence-electron chi connectivity index (χ4n) is 8.53. The maximum Gasteiger partial charge on any atom is 0.276 e. The number of fused-ring (bicyclic) bond motifs is 2. The van der Waals surface area contributed by atoms with E-state index in [0.717, 1.165) is 12.4 Å². The first-order valence-corrected chi connectivity index (χ1v) is 18.9. The van der Waals surface area contributed by atoms with Crippen molar-refractivity contribution in [2.45, 2.75) is 43.3 Å². The highest BCUT2D eigenvalue weighted by molar-refractivity contribution is 5.96. The minimum atomic E-state index is -0.934. The molecule has 0 spiro atoms. The van der Waals surface area contributed by atoms with E-state index in [9.17, 15) is 42.6 Å². The Hall–Kier alpha value is -7.10. The van der Waals surface area contributed by atoms with Gasteiger partial charge in [0.15, 0.2) is 22.9 Å². The highest BCUT2D eigenvalue weighted by atomic mass is 19.1. The van der Waals surface area contributed by atoms with Gasteiger partial charge < -0.3 is 20.0 Å². The van der Waals surface area contributed by atoms with E-state index in [0.29, 0.717) is 22.3 Å². The summed E-state index contributed by atoms with van der Waals surface area (Å²) in [6, 6.07) is 18.6. The fourth-order valence-corrected chi connectivity index (χ4v) is 8.53. The van der Waals surface area contributed by atoms with Crippen LogP contribution in [0.1, 0.15) is 79.6 Å². The lowest BCUT2D eigenvalue weighted by Gasteiger charge is -2.41. The Morgan fingerprint density at radius 2 is 1.13 bits per heavy atom. The SMILES string of the molecule is CC(Cc1cc(C(c2ccc(F)cc2)C2CN(C)C(=O)c3c(O)c(=O)cnn32)ccc1F)N1CC(C(c2cccc(F)c2)c2cccc(F)c2)n2ncc(=O)c(O)c2C1=O. The van der Waals surface area contributed by atoms with Gasteiger partial charge in [-0.2, -0.15) is 10.2 Å². The lowest BCUT2D eigenvalue weighted by Crippen LogP contribution is -2.51. The Bertz CT molecular complexity index is 2750. The first-order valence-electron chi connectivity index (χ1n) is 18.9. The van der Waals surface area contributed by atoms with Crippen LogP contribution in [0.2, 0.25) is 0 Å². The number of hydrogen-bond acceptors (Lipinski definition) is 8. The van der Waals surface area contributed by atoms with Crippen molar-refractivity contribution < 1.29 is 37.4 Å². The van der Waals surface area contributed by atoms with Crippen LogP contribution in [-0.2, 0) is 6.42 Å². The van der Waals surface area contributed by atoms with E-state index < -0.39 is 93.1 Å². The second-order valence-corrected chi connectivity index (χ2v) is 15.1. The van der Waals surface area contributed by atoms with Crippen LogP contribution >= 0.6 is 0 Å². The van der Waals surface area contributed by atoms with Crippen molar-refractivity contribution in [3.05, 3.63) is 186 Å². The van der Waals surface area contributed by atoms with E-state index >= 15 is 4.39 Å². The standard InChI is InChI=1S/C44H36F4N6O6/c1-23(52-22-34(54-40(44(52)60)42(58)36(56)20-50-54)38(25-5-3-7-30(46)17-25)26-6-4-8-31(47)18-26)15-28-16-27(11-14-32(28)48)37(24-9-12-29(45)13-10-24)33-21-51(2)43(59)39-41(57)35(55)19-49-53(33)39/h3-14,16-20,23,33-34,37-38,57-58H,15,21-22H2,1-2H3. The monoisotopic (exact) mass is 820 g/mol. The Morgan fingerprint density at radius 3 is 1.70 bits per heavy atom. The van der Waals surface area contributed by atoms with Crippen LogP contribution < -0.4 is 10.9 Å². The van der Waals surface area contributed by atoms with Crippen LogP contribution in [0, 0.1) is 23.3 Å². The zero-order chi connectivity index (χ0) is 42.6. The first kappa shape index (κ1) is 39.7. The molecule has 4 aromatic carbocycles. The van der Waals surface area contributed by atoms with Gasteiger partial charge in [0.25, 0.3) is 11.8 Å². The number of hydrogen-bond donors (Lipinski definition) is 2. The van der Waals surface area contributed by atoms with E-state index in [4.69, 9.17) is 0 Å². The minimum absolute atomic E-state index is 0.0318. The summed E-state index contributed by atoms with van der Waals surface area (Å²) in [7, 11) is 1.49. The average molecular weight is 821 g/mol. The number of likely N-dealkylation sites (N-methyl/N-ethyl adjacent to an activating group) is 1. The fraction of sp³-hybridized carbons (Fsp3) is 0.227. The van der Waals surface area contributed by atoms with Gasteiger partial charge in [0, 0.05) is 38.0 Å². The second-order valence-electron chi connectivity index (χ2n) is 15.1. The topological polar surface area (TPSA) is 151 Å². The molecule has 60 heavy (non-hydrogen) atoms. The summed E-state index contributed by atoms with van der Waals surface area (Å²) in [5, 5.41) is 30.2. The Kier molecular flexibility index (Phi) is 10.3. The molecule has 16 heteroatoms. The van der Waals surface area contributed by atoms with Gasteiger partial charge in [-0.15, -0.1) is 0 Å². The summed E-state index contributed by atoms with van der Waals surface area (Å²) in [6.45, 7) is 1.54. The van der Waals surface area contributed by atoms with Crippen molar-refractivity contribution in [2.24, 2.45) is 0 Å². The summed E-state index contributed by atoms with van der Waals surface area (Å²) < 4.78 is 62.3. The molecular formula is C44H36F4N6O6. The van der Waals surface area contributed by atoms with E-state index in [1.165, 1.54) is 99.0 Å². The number of carbonyl (C=O) groups excluding carboxylic acids is 2. The number of rotatable bonds is 9. The lowest BCUT2D eigenvalue weighted by molar-refractivity contribution is 0.0550. The van der Waals surface area contributed by atoms with Gasteiger partial charge in [-0.25, -0.2) is 17.6 Å². The molecular weight excluding hydrogens is 785 g/mol. The van der Waals surface area contributed by atoms with E-state index in [-0.39, 0.29) is 30.8 Å².